The summed E-state index contributed by atoms with van der Waals surface area (Å²) in [4.78, 5) is 4.19. The summed E-state index contributed by atoms with van der Waals surface area (Å²) in [6.45, 7) is 6.86. The average Bonchev–Trinajstić information content (AvgIpc) is 2.76. The first kappa shape index (κ1) is 12.8. The summed E-state index contributed by atoms with van der Waals surface area (Å²) in [7, 11) is 0. The topological polar surface area (TPSA) is 50.9 Å². The molecule has 2 rings (SSSR count). The Balaban J connectivity index is 2.19. The predicted molar refractivity (Wildman–Crippen MR) is 70.3 cm³/mol. The van der Waals surface area contributed by atoms with E-state index in [9.17, 15) is 5.11 Å². The van der Waals surface area contributed by atoms with Crippen LogP contribution in [0, 0.1) is 13.8 Å². The highest BCUT2D eigenvalue weighted by atomic mass is 16.3. The second kappa shape index (κ2) is 5.31. The predicted octanol–water partition coefficient (Wildman–Crippen LogP) is 2.19. The van der Waals surface area contributed by atoms with Crippen LogP contribution in [0.15, 0.2) is 24.5 Å². The van der Waals surface area contributed by atoms with Gasteiger partial charge in [-0.2, -0.15) is 5.10 Å². The lowest BCUT2D eigenvalue weighted by Gasteiger charge is -2.14. The molecule has 0 aliphatic heterocycles. The van der Waals surface area contributed by atoms with Crippen LogP contribution in [0.25, 0.3) is 0 Å². The second-order valence-electron chi connectivity index (χ2n) is 4.57. The highest BCUT2D eigenvalue weighted by molar-refractivity contribution is 5.32. The maximum absolute atomic E-state index is 10.3. The maximum Gasteiger partial charge on any atom is 0.138 e. The molecule has 4 nitrogen and oxygen atoms in total. The number of aryl methyl sites for hydroxylation is 3. The van der Waals surface area contributed by atoms with Gasteiger partial charge in [0.2, 0.25) is 0 Å². The van der Waals surface area contributed by atoms with Crippen molar-refractivity contribution in [3.63, 3.8) is 0 Å². The Labute approximate surface area is 107 Å². The van der Waals surface area contributed by atoms with Gasteiger partial charge in [0.25, 0.3) is 0 Å². The zero-order valence-corrected chi connectivity index (χ0v) is 11.1. The van der Waals surface area contributed by atoms with E-state index in [0.29, 0.717) is 6.42 Å². The minimum absolute atomic E-state index is 0.498. The summed E-state index contributed by atoms with van der Waals surface area (Å²) in [6, 6.07) is 6.10. The smallest absolute Gasteiger partial charge is 0.138 e. The number of rotatable bonds is 4. The van der Waals surface area contributed by atoms with Crippen molar-refractivity contribution in [3.8, 4) is 0 Å². The number of hydrogen-bond donors (Lipinski definition) is 1. The zero-order chi connectivity index (χ0) is 13.1. The highest BCUT2D eigenvalue weighted by Crippen LogP contribution is 2.21. The first-order valence-corrected chi connectivity index (χ1v) is 6.23. The summed E-state index contributed by atoms with van der Waals surface area (Å²) < 4.78 is 1.81. The molecule has 0 amide bonds. The van der Waals surface area contributed by atoms with Gasteiger partial charge in [0.15, 0.2) is 0 Å². The molecule has 1 heterocycles. The van der Waals surface area contributed by atoms with Crippen molar-refractivity contribution in [3.05, 3.63) is 47.0 Å². The molecule has 0 fully saturated rings. The Hall–Kier alpha value is -1.68. The third-order valence-corrected chi connectivity index (χ3v) is 3.16. The summed E-state index contributed by atoms with van der Waals surface area (Å²) in [5, 5.41) is 14.4. The Morgan fingerprint density at radius 3 is 2.78 bits per heavy atom. The molecule has 1 aromatic carbocycles. The molecule has 0 aliphatic carbocycles. The van der Waals surface area contributed by atoms with Crippen molar-refractivity contribution >= 4 is 0 Å². The van der Waals surface area contributed by atoms with E-state index in [1.54, 1.807) is 0 Å². The van der Waals surface area contributed by atoms with Gasteiger partial charge in [-0.05, 0) is 31.9 Å². The quantitative estimate of drug-likeness (QED) is 0.898. The number of aliphatic hydroxyl groups is 1. The Morgan fingerprint density at radius 2 is 2.11 bits per heavy atom. The van der Waals surface area contributed by atoms with E-state index < -0.39 is 6.10 Å². The molecule has 0 spiro atoms. The minimum atomic E-state index is -0.528. The molecular weight excluding hydrogens is 226 g/mol. The van der Waals surface area contributed by atoms with Crippen molar-refractivity contribution in [2.45, 2.75) is 39.8 Å². The normalized spacial score (nSPS) is 12.7. The van der Waals surface area contributed by atoms with Crippen LogP contribution >= 0.6 is 0 Å². The SMILES string of the molecule is CCn1ncnc1CC(O)c1ccc(C)cc1C. The summed E-state index contributed by atoms with van der Waals surface area (Å²) in [6.07, 6.45) is 1.51. The van der Waals surface area contributed by atoms with E-state index in [-0.39, 0.29) is 0 Å². The van der Waals surface area contributed by atoms with Crippen LogP contribution < -0.4 is 0 Å². The molecule has 0 saturated carbocycles. The molecule has 0 bridgehead atoms. The van der Waals surface area contributed by atoms with Crippen LogP contribution in [0.1, 0.15) is 35.5 Å². The van der Waals surface area contributed by atoms with Gasteiger partial charge in [-0.15, -0.1) is 0 Å². The molecule has 2 aromatic rings. The van der Waals surface area contributed by atoms with Gasteiger partial charge in [-0.1, -0.05) is 23.8 Å². The summed E-state index contributed by atoms with van der Waals surface area (Å²) in [5.74, 6) is 0.824. The van der Waals surface area contributed by atoms with Crippen molar-refractivity contribution in [1.82, 2.24) is 14.8 Å². The molecule has 0 saturated heterocycles. The van der Waals surface area contributed by atoms with Crippen LogP contribution in [0.2, 0.25) is 0 Å². The largest absolute Gasteiger partial charge is 0.388 e. The van der Waals surface area contributed by atoms with E-state index >= 15 is 0 Å². The minimum Gasteiger partial charge on any atom is -0.388 e. The highest BCUT2D eigenvalue weighted by Gasteiger charge is 2.14. The van der Waals surface area contributed by atoms with E-state index in [1.165, 1.54) is 11.9 Å². The van der Waals surface area contributed by atoms with Crippen LogP contribution in [0.4, 0.5) is 0 Å². The molecule has 1 N–H and O–H groups in total. The van der Waals surface area contributed by atoms with E-state index in [2.05, 4.69) is 23.1 Å². The van der Waals surface area contributed by atoms with Gasteiger partial charge < -0.3 is 5.11 Å². The van der Waals surface area contributed by atoms with E-state index in [1.807, 2.05) is 30.7 Å². The fourth-order valence-electron chi connectivity index (χ4n) is 2.19. The molecule has 18 heavy (non-hydrogen) atoms. The van der Waals surface area contributed by atoms with Crippen LogP contribution in [-0.2, 0) is 13.0 Å². The van der Waals surface area contributed by atoms with Crippen LogP contribution in [0.3, 0.4) is 0 Å². The molecule has 4 heteroatoms. The standard InChI is InChI=1S/C14H19N3O/c1-4-17-14(15-9-16-17)8-13(18)12-6-5-10(2)7-11(12)3/h5-7,9,13,18H,4,8H2,1-3H3. The number of benzene rings is 1. The van der Waals surface area contributed by atoms with Gasteiger partial charge >= 0.3 is 0 Å². The van der Waals surface area contributed by atoms with Crippen molar-refractivity contribution in [2.75, 3.05) is 0 Å². The molecule has 1 aromatic heterocycles. The van der Waals surface area contributed by atoms with Gasteiger partial charge in [0.1, 0.15) is 12.2 Å². The van der Waals surface area contributed by atoms with Crippen LogP contribution in [-0.4, -0.2) is 19.9 Å². The van der Waals surface area contributed by atoms with Gasteiger partial charge in [0.05, 0.1) is 6.10 Å². The van der Waals surface area contributed by atoms with E-state index in [4.69, 9.17) is 0 Å². The molecule has 0 radical (unpaired) electrons. The van der Waals surface area contributed by atoms with Crippen molar-refractivity contribution < 1.29 is 5.11 Å². The zero-order valence-electron chi connectivity index (χ0n) is 11.1. The summed E-state index contributed by atoms with van der Waals surface area (Å²) >= 11 is 0. The van der Waals surface area contributed by atoms with Gasteiger partial charge in [0, 0.05) is 13.0 Å². The van der Waals surface area contributed by atoms with Crippen molar-refractivity contribution in [2.24, 2.45) is 0 Å². The number of aliphatic hydroxyl groups excluding tert-OH is 1. The molecule has 1 atom stereocenters. The van der Waals surface area contributed by atoms with Crippen molar-refractivity contribution in [1.29, 1.82) is 0 Å². The molecule has 96 valence electrons. The van der Waals surface area contributed by atoms with E-state index in [0.717, 1.165) is 23.5 Å². The second-order valence-corrected chi connectivity index (χ2v) is 4.57. The third-order valence-electron chi connectivity index (χ3n) is 3.16. The number of aromatic nitrogens is 3. The molecule has 1 unspecified atom stereocenters. The third kappa shape index (κ3) is 2.59. The fourth-order valence-corrected chi connectivity index (χ4v) is 2.19. The lowest BCUT2D eigenvalue weighted by atomic mass is 9.99. The van der Waals surface area contributed by atoms with Crippen LogP contribution in [0.5, 0.6) is 0 Å². The maximum atomic E-state index is 10.3. The lowest BCUT2D eigenvalue weighted by molar-refractivity contribution is 0.173. The molecule has 0 aliphatic rings. The Kier molecular flexibility index (Phi) is 3.77. The first-order valence-electron chi connectivity index (χ1n) is 6.23. The van der Waals surface area contributed by atoms with Gasteiger partial charge in [-0.25, -0.2) is 4.98 Å². The molecular formula is C14H19N3O. The Bertz CT molecular complexity index is 534. The lowest BCUT2D eigenvalue weighted by Crippen LogP contribution is -2.10. The Morgan fingerprint density at radius 1 is 1.33 bits per heavy atom. The monoisotopic (exact) mass is 245 g/mol. The summed E-state index contributed by atoms with van der Waals surface area (Å²) in [5.41, 5.74) is 3.29. The average molecular weight is 245 g/mol. The number of hydrogen-bond acceptors (Lipinski definition) is 3. The first-order chi connectivity index (χ1) is 8.61. The van der Waals surface area contributed by atoms with Gasteiger partial charge in [-0.3, -0.25) is 4.68 Å². The number of nitrogens with zero attached hydrogens (tertiary/aromatic N) is 3. The fraction of sp³-hybridized carbons (Fsp3) is 0.429.